The van der Waals surface area contributed by atoms with Gasteiger partial charge in [0.2, 0.25) is 0 Å². The number of nitrogens with zero attached hydrogens (tertiary/aromatic N) is 2. The predicted molar refractivity (Wildman–Crippen MR) is 70.4 cm³/mol. The molecule has 2 aromatic rings. The van der Waals surface area contributed by atoms with Crippen molar-refractivity contribution in [3.63, 3.8) is 0 Å². The van der Waals surface area contributed by atoms with Gasteiger partial charge in [0.1, 0.15) is 0 Å². The van der Waals surface area contributed by atoms with E-state index in [9.17, 15) is 5.11 Å². The van der Waals surface area contributed by atoms with Gasteiger partial charge in [-0.1, -0.05) is 0 Å². The van der Waals surface area contributed by atoms with Gasteiger partial charge in [-0.15, -0.1) is 0 Å². The molecule has 94 valence electrons. The molecule has 0 saturated carbocycles. The Kier molecular flexibility index (Phi) is 2.92. The first-order valence-corrected chi connectivity index (χ1v) is 6.51. The molecule has 2 heterocycles. The van der Waals surface area contributed by atoms with Crippen molar-refractivity contribution in [2.75, 3.05) is 0 Å². The fraction of sp³-hybridized carbons (Fsp3) is 0.400. The van der Waals surface area contributed by atoms with Gasteiger partial charge < -0.3 is 9.67 Å². The van der Waals surface area contributed by atoms with E-state index in [1.54, 1.807) is 0 Å². The van der Waals surface area contributed by atoms with E-state index in [1.165, 1.54) is 17.0 Å². The lowest BCUT2D eigenvalue weighted by molar-refractivity contribution is 0.156. The normalized spacial score (nSPS) is 18.7. The summed E-state index contributed by atoms with van der Waals surface area (Å²) in [5.41, 5.74) is 4.93. The zero-order chi connectivity index (χ0) is 12.5. The Morgan fingerprint density at radius 1 is 1.39 bits per heavy atom. The fourth-order valence-corrected chi connectivity index (χ4v) is 2.83. The van der Waals surface area contributed by atoms with Crippen molar-refractivity contribution in [3.05, 3.63) is 53.1 Å². The highest BCUT2D eigenvalue weighted by Gasteiger charge is 2.22. The summed E-state index contributed by atoms with van der Waals surface area (Å²) in [4.78, 5) is 4.05. The lowest BCUT2D eigenvalue weighted by Gasteiger charge is -2.20. The van der Waals surface area contributed by atoms with Gasteiger partial charge in [0.05, 0.1) is 6.10 Å². The molecule has 1 atom stereocenters. The third-order valence-electron chi connectivity index (χ3n) is 3.79. The Hall–Kier alpha value is -1.61. The third-order valence-corrected chi connectivity index (χ3v) is 3.79. The zero-order valence-electron chi connectivity index (χ0n) is 10.6. The standard InChI is InChI=1S/C15H18N2O/c1-11-9-13-14(3-2-4-15(13)18)17(11)10-12-5-7-16-8-6-12/h5-9,15,18H,2-4,10H2,1H3. The molecule has 1 aliphatic rings. The monoisotopic (exact) mass is 242 g/mol. The van der Waals surface area contributed by atoms with Gasteiger partial charge in [-0.05, 0) is 49.9 Å². The van der Waals surface area contributed by atoms with E-state index < -0.39 is 0 Å². The second-order valence-electron chi connectivity index (χ2n) is 5.04. The van der Waals surface area contributed by atoms with Crippen molar-refractivity contribution in [1.29, 1.82) is 0 Å². The van der Waals surface area contributed by atoms with Crippen LogP contribution in [0, 0.1) is 6.92 Å². The van der Waals surface area contributed by atoms with Crippen LogP contribution >= 0.6 is 0 Å². The van der Waals surface area contributed by atoms with Crippen molar-refractivity contribution in [2.45, 2.75) is 38.8 Å². The maximum absolute atomic E-state index is 10.0. The Labute approximate surface area is 107 Å². The van der Waals surface area contributed by atoms with Crippen LogP contribution in [0.5, 0.6) is 0 Å². The average Bonchev–Trinajstić information content (AvgIpc) is 2.70. The van der Waals surface area contributed by atoms with Crippen LogP contribution in [-0.2, 0) is 13.0 Å². The summed E-state index contributed by atoms with van der Waals surface area (Å²) in [6, 6.07) is 6.23. The van der Waals surface area contributed by atoms with Gasteiger partial charge in [0, 0.05) is 35.9 Å². The molecule has 1 aliphatic carbocycles. The van der Waals surface area contributed by atoms with Gasteiger partial charge in [-0.25, -0.2) is 0 Å². The molecule has 1 unspecified atom stereocenters. The lowest BCUT2D eigenvalue weighted by Crippen LogP contribution is -2.13. The Bertz CT molecular complexity index is 545. The minimum atomic E-state index is -0.272. The van der Waals surface area contributed by atoms with Crippen molar-refractivity contribution in [2.24, 2.45) is 0 Å². The number of aliphatic hydroxyl groups is 1. The summed E-state index contributed by atoms with van der Waals surface area (Å²) in [6.07, 6.45) is 6.43. The molecule has 18 heavy (non-hydrogen) atoms. The Morgan fingerprint density at radius 3 is 2.94 bits per heavy atom. The van der Waals surface area contributed by atoms with Crippen LogP contribution in [0.25, 0.3) is 0 Å². The van der Waals surface area contributed by atoms with E-state index in [-0.39, 0.29) is 6.10 Å². The van der Waals surface area contributed by atoms with Crippen LogP contribution in [0.3, 0.4) is 0 Å². The molecule has 0 aromatic carbocycles. The van der Waals surface area contributed by atoms with Crippen LogP contribution < -0.4 is 0 Å². The highest BCUT2D eigenvalue weighted by atomic mass is 16.3. The fourth-order valence-electron chi connectivity index (χ4n) is 2.83. The molecular formula is C15H18N2O. The van der Waals surface area contributed by atoms with Crippen LogP contribution in [0.4, 0.5) is 0 Å². The lowest BCUT2D eigenvalue weighted by atomic mass is 9.95. The number of hydrogen-bond donors (Lipinski definition) is 1. The smallest absolute Gasteiger partial charge is 0.0807 e. The summed E-state index contributed by atoms with van der Waals surface area (Å²) in [5, 5.41) is 10.0. The van der Waals surface area contributed by atoms with E-state index in [1.807, 2.05) is 24.5 Å². The number of fused-ring (bicyclic) bond motifs is 1. The molecule has 0 aliphatic heterocycles. The van der Waals surface area contributed by atoms with E-state index in [0.717, 1.165) is 31.4 Å². The van der Waals surface area contributed by atoms with Crippen LogP contribution in [0.2, 0.25) is 0 Å². The van der Waals surface area contributed by atoms with Gasteiger partial charge >= 0.3 is 0 Å². The molecule has 0 radical (unpaired) electrons. The van der Waals surface area contributed by atoms with E-state index in [0.29, 0.717) is 0 Å². The van der Waals surface area contributed by atoms with Crippen LogP contribution in [0.1, 0.15) is 41.5 Å². The highest BCUT2D eigenvalue weighted by Crippen LogP contribution is 2.32. The number of aliphatic hydroxyl groups excluding tert-OH is 1. The van der Waals surface area contributed by atoms with Gasteiger partial charge in [-0.3, -0.25) is 4.98 Å². The highest BCUT2D eigenvalue weighted by molar-refractivity contribution is 5.32. The molecule has 0 spiro atoms. The third kappa shape index (κ3) is 1.95. The molecule has 0 bridgehead atoms. The Balaban J connectivity index is 1.97. The zero-order valence-corrected chi connectivity index (χ0v) is 10.6. The summed E-state index contributed by atoms with van der Waals surface area (Å²) >= 11 is 0. The topological polar surface area (TPSA) is 38.0 Å². The minimum absolute atomic E-state index is 0.272. The van der Waals surface area contributed by atoms with Crippen molar-refractivity contribution < 1.29 is 5.11 Å². The van der Waals surface area contributed by atoms with Gasteiger partial charge in [0.15, 0.2) is 0 Å². The molecule has 0 amide bonds. The largest absolute Gasteiger partial charge is 0.388 e. The summed E-state index contributed by atoms with van der Waals surface area (Å²) < 4.78 is 2.33. The Morgan fingerprint density at radius 2 is 2.17 bits per heavy atom. The second-order valence-corrected chi connectivity index (χ2v) is 5.04. The predicted octanol–water partition coefficient (Wildman–Crippen LogP) is 2.61. The van der Waals surface area contributed by atoms with Gasteiger partial charge in [-0.2, -0.15) is 0 Å². The maximum Gasteiger partial charge on any atom is 0.0807 e. The number of pyridine rings is 1. The number of aromatic nitrogens is 2. The molecule has 3 heteroatoms. The maximum atomic E-state index is 10.0. The van der Waals surface area contributed by atoms with E-state index >= 15 is 0 Å². The van der Waals surface area contributed by atoms with Crippen LogP contribution in [0.15, 0.2) is 30.6 Å². The molecule has 3 nitrogen and oxygen atoms in total. The summed E-state index contributed by atoms with van der Waals surface area (Å²) in [6.45, 7) is 2.99. The first-order chi connectivity index (χ1) is 8.75. The summed E-state index contributed by atoms with van der Waals surface area (Å²) in [7, 11) is 0. The van der Waals surface area contributed by atoms with Crippen LogP contribution in [-0.4, -0.2) is 14.7 Å². The van der Waals surface area contributed by atoms with Crippen molar-refractivity contribution in [1.82, 2.24) is 9.55 Å². The molecular weight excluding hydrogens is 224 g/mol. The molecule has 1 N–H and O–H groups in total. The van der Waals surface area contributed by atoms with Gasteiger partial charge in [0.25, 0.3) is 0 Å². The summed E-state index contributed by atoms with van der Waals surface area (Å²) in [5.74, 6) is 0. The number of aryl methyl sites for hydroxylation is 1. The minimum Gasteiger partial charge on any atom is -0.388 e. The molecule has 2 aromatic heterocycles. The number of hydrogen-bond acceptors (Lipinski definition) is 2. The SMILES string of the molecule is Cc1cc2c(n1Cc1ccncc1)CCCC2O. The van der Waals surface area contributed by atoms with Crippen molar-refractivity contribution in [3.8, 4) is 0 Å². The molecule has 0 fully saturated rings. The van der Waals surface area contributed by atoms with E-state index in [4.69, 9.17) is 0 Å². The quantitative estimate of drug-likeness (QED) is 0.879. The average molecular weight is 242 g/mol. The van der Waals surface area contributed by atoms with Crippen molar-refractivity contribution >= 4 is 0 Å². The number of rotatable bonds is 2. The molecule has 3 rings (SSSR count). The first-order valence-electron chi connectivity index (χ1n) is 6.51. The second kappa shape index (κ2) is 4.58. The first kappa shape index (κ1) is 11.5. The molecule has 0 saturated heterocycles. The van der Waals surface area contributed by atoms with E-state index in [2.05, 4.69) is 22.5 Å².